The molecule has 0 aliphatic carbocycles. The van der Waals surface area contributed by atoms with Gasteiger partial charge in [-0.3, -0.25) is 0 Å². The van der Waals surface area contributed by atoms with Gasteiger partial charge in [0.1, 0.15) is 18.3 Å². The van der Waals surface area contributed by atoms with Gasteiger partial charge in [0.05, 0.1) is 5.60 Å². The summed E-state index contributed by atoms with van der Waals surface area (Å²) in [7, 11) is 1.42. The average Bonchev–Trinajstić information content (AvgIpc) is 2.00. The van der Waals surface area contributed by atoms with Gasteiger partial charge in [0.15, 0.2) is 6.29 Å². The third-order valence-corrected chi connectivity index (χ3v) is 2.32. The Labute approximate surface area is 76.9 Å². The van der Waals surface area contributed by atoms with Crippen LogP contribution in [0.1, 0.15) is 13.8 Å². The normalized spacial score (nSPS) is 44.8. The fourth-order valence-electron chi connectivity index (χ4n) is 1.63. The lowest BCUT2D eigenvalue weighted by Gasteiger charge is -2.45. The molecule has 0 aromatic rings. The molecule has 0 radical (unpaired) electrons. The van der Waals surface area contributed by atoms with Crippen LogP contribution in [0.4, 0.5) is 0 Å². The van der Waals surface area contributed by atoms with E-state index in [0.717, 1.165) is 0 Å². The monoisotopic (exact) mass is 192 g/mol. The third-order valence-electron chi connectivity index (χ3n) is 2.32. The summed E-state index contributed by atoms with van der Waals surface area (Å²) in [6, 6.07) is 0. The summed E-state index contributed by atoms with van der Waals surface area (Å²) < 4.78 is 10.1. The molecule has 1 aliphatic rings. The first-order valence-corrected chi connectivity index (χ1v) is 4.15. The maximum atomic E-state index is 9.53. The lowest BCUT2D eigenvalue weighted by molar-refractivity contribution is -0.314. The van der Waals surface area contributed by atoms with Crippen LogP contribution in [0.2, 0.25) is 0 Å². The van der Waals surface area contributed by atoms with Crippen LogP contribution < -0.4 is 0 Å². The molecule has 0 aromatic heterocycles. The fraction of sp³-hybridized carbons (Fsp3) is 1.00. The number of hydrogen-bond donors (Lipinski definition) is 3. The van der Waals surface area contributed by atoms with Gasteiger partial charge in [-0.15, -0.1) is 0 Å². The predicted octanol–water partition coefficient (Wildman–Crippen LogP) is -1.15. The molecule has 3 N–H and O–H groups in total. The summed E-state index contributed by atoms with van der Waals surface area (Å²) in [6.45, 7) is 3.36. The largest absolute Gasteiger partial charge is 0.387 e. The van der Waals surface area contributed by atoms with Gasteiger partial charge < -0.3 is 24.8 Å². The van der Waals surface area contributed by atoms with Crippen molar-refractivity contribution in [1.29, 1.82) is 0 Å². The van der Waals surface area contributed by atoms with E-state index in [9.17, 15) is 15.3 Å². The molecule has 1 fully saturated rings. The lowest BCUT2D eigenvalue weighted by Crippen LogP contribution is -2.62. The van der Waals surface area contributed by atoms with Crippen molar-refractivity contribution in [3.63, 3.8) is 0 Å². The number of aliphatic hydroxyl groups is 3. The van der Waals surface area contributed by atoms with Crippen LogP contribution in [-0.2, 0) is 9.47 Å². The smallest absolute Gasteiger partial charge is 0.184 e. The second-order valence-electron chi connectivity index (χ2n) is 3.75. The molecule has 0 amide bonds. The van der Waals surface area contributed by atoms with E-state index < -0.39 is 30.2 Å². The fourth-order valence-corrected chi connectivity index (χ4v) is 1.63. The Morgan fingerprint density at radius 1 is 1.15 bits per heavy atom. The van der Waals surface area contributed by atoms with Gasteiger partial charge in [-0.2, -0.15) is 0 Å². The Morgan fingerprint density at radius 2 is 1.69 bits per heavy atom. The molecule has 0 unspecified atom stereocenters. The number of rotatable bonds is 1. The number of aliphatic hydroxyl groups excluding tert-OH is 3. The van der Waals surface area contributed by atoms with Gasteiger partial charge in [0, 0.05) is 7.11 Å². The average molecular weight is 192 g/mol. The van der Waals surface area contributed by atoms with Crippen molar-refractivity contribution >= 4 is 0 Å². The molecular weight excluding hydrogens is 176 g/mol. The van der Waals surface area contributed by atoms with Crippen molar-refractivity contribution in [2.45, 2.75) is 44.1 Å². The first-order chi connectivity index (χ1) is 5.90. The molecule has 4 atom stereocenters. The van der Waals surface area contributed by atoms with Crippen LogP contribution >= 0.6 is 0 Å². The van der Waals surface area contributed by atoms with Gasteiger partial charge in [0.25, 0.3) is 0 Å². The van der Waals surface area contributed by atoms with Crippen LogP contribution in [0.5, 0.6) is 0 Å². The van der Waals surface area contributed by atoms with E-state index in [1.54, 1.807) is 13.8 Å². The molecule has 0 saturated carbocycles. The molecule has 5 nitrogen and oxygen atoms in total. The quantitative estimate of drug-likeness (QED) is 0.489. The van der Waals surface area contributed by atoms with E-state index in [1.165, 1.54) is 7.11 Å². The summed E-state index contributed by atoms with van der Waals surface area (Å²) in [5.74, 6) is 0. The molecule has 1 saturated heterocycles. The highest BCUT2D eigenvalue weighted by atomic mass is 16.7. The Kier molecular flexibility index (Phi) is 2.94. The molecule has 1 rings (SSSR count). The van der Waals surface area contributed by atoms with Gasteiger partial charge in [-0.25, -0.2) is 0 Å². The second-order valence-corrected chi connectivity index (χ2v) is 3.75. The third kappa shape index (κ3) is 1.84. The number of hydrogen-bond acceptors (Lipinski definition) is 5. The van der Waals surface area contributed by atoms with Crippen molar-refractivity contribution in [2.24, 2.45) is 0 Å². The highest BCUT2D eigenvalue weighted by molar-refractivity contribution is 4.95. The van der Waals surface area contributed by atoms with E-state index in [0.29, 0.717) is 0 Å². The molecule has 0 bridgehead atoms. The van der Waals surface area contributed by atoms with E-state index in [2.05, 4.69) is 0 Å². The zero-order valence-electron chi connectivity index (χ0n) is 7.97. The SMILES string of the molecule is CO[C@@H]1[C@H](O)[C@@H](O)[C@@H](O)OC1(C)C. The number of methoxy groups -OCH3 is 1. The van der Waals surface area contributed by atoms with Gasteiger partial charge in [-0.05, 0) is 13.8 Å². The minimum atomic E-state index is -1.36. The molecule has 0 spiro atoms. The molecule has 0 aromatic carbocycles. The molecule has 78 valence electrons. The summed E-state index contributed by atoms with van der Waals surface area (Å²) in [6.07, 6.45) is -4.47. The van der Waals surface area contributed by atoms with Gasteiger partial charge in [-0.1, -0.05) is 0 Å². The first-order valence-electron chi connectivity index (χ1n) is 4.15. The number of ether oxygens (including phenoxy) is 2. The summed E-state index contributed by atoms with van der Waals surface area (Å²) >= 11 is 0. The minimum absolute atomic E-state index is 0.647. The van der Waals surface area contributed by atoms with Gasteiger partial charge in [0.2, 0.25) is 0 Å². The van der Waals surface area contributed by atoms with Crippen LogP contribution in [0.3, 0.4) is 0 Å². The molecule has 5 heteroatoms. The summed E-state index contributed by atoms with van der Waals surface area (Å²) in [4.78, 5) is 0. The van der Waals surface area contributed by atoms with E-state index in [4.69, 9.17) is 9.47 Å². The van der Waals surface area contributed by atoms with E-state index in [-0.39, 0.29) is 0 Å². The molecule has 1 aliphatic heterocycles. The van der Waals surface area contributed by atoms with E-state index in [1.807, 2.05) is 0 Å². The first kappa shape index (κ1) is 10.9. The highest BCUT2D eigenvalue weighted by Crippen LogP contribution is 2.30. The van der Waals surface area contributed by atoms with Crippen LogP contribution in [0.15, 0.2) is 0 Å². The molecule has 13 heavy (non-hydrogen) atoms. The Hall–Kier alpha value is -0.200. The zero-order valence-corrected chi connectivity index (χ0v) is 7.97. The van der Waals surface area contributed by atoms with Crippen molar-refractivity contribution in [2.75, 3.05) is 7.11 Å². The van der Waals surface area contributed by atoms with Crippen molar-refractivity contribution in [1.82, 2.24) is 0 Å². The van der Waals surface area contributed by atoms with Crippen LogP contribution in [-0.4, -0.2) is 52.6 Å². The van der Waals surface area contributed by atoms with Crippen molar-refractivity contribution in [3.05, 3.63) is 0 Å². The second kappa shape index (κ2) is 3.51. The van der Waals surface area contributed by atoms with Crippen LogP contribution in [0, 0.1) is 0 Å². The Balaban J connectivity index is 2.82. The Morgan fingerprint density at radius 3 is 2.15 bits per heavy atom. The zero-order chi connectivity index (χ0) is 10.2. The maximum absolute atomic E-state index is 9.53. The molecule has 1 heterocycles. The topological polar surface area (TPSA) is 79.2 Å². The minimum Gasteiger partial charge on any atom is -0.387 e. The van der Waals surface area contributed by atoms with E-state index >= 15 is 0 Å². The van der Waals surface area contributed by atoms with Crippen molar-refractivity contribution in [3.8, 4) is 0 Å². The Bertz CT molecular complexity index is 181. The van der Waals surface area contributed by atoms with Crippen LogP contribution in [0.25, 0.3) is 0 Å². The van der Waals surface area contributed by atoms with Gasteiger partial charge >= 0.3 is 0 Å². The predicted molar refractivity (Wildman–Crippen MR) is 44.0 cm³/mol. The summed E-state index contributed by atoms with van der Waals surface area (Å²) in [5, 5.41) is 28.0. The van der Waals surface area contributed by atoms with Crippen molar-refractivity contribution < 1.29 is 24.8 Å². The summed E-state index contributed by atoms with van der Waals surface area (Å²) in [5.41, 5.74) is -0.813. The standard InChI is InChI=1S/C8H16O5/c1-8(2)6(12-3)4(9)5(10)7(11)13-8/h4-7,9-11H,1-3H3/t4-,5-,6-,7+/m1/s1. The molecular formula is C8H16O5. The lowest BCUT2D eigenvalue weighted by atomic mass is 9.90. The maximum Gasteiger partial charge on any atom is 0.184 e. The highest BCUT2D eigenvalue weighted by Gasteiger charge is 2.48.